The van der Waals surface area contributed by atoms with Crippen molar-refractivity contribution in [1.29, 1.82) is 5.26 Å². The molecule has 0 aromatic carbocycles. The fraction of sp³-hybridized carbons (Fsp3) is 0.750. The number of nitriles is 1. The van der Waals surface area contributed by atoms with Crippen molar-refractivity contribution in [2.24, 2.45) is 0 Å². The van der Waals surface area contributed by atoms with Crippen LogP contribution in [0.3, 0.4) is 0 Å². The minimum atomic E-state index is -0.698. The molecule has 0 saturated carbocycles. The van der Waals surface area contributed by atoms with Crippen LogP contribution < -0.4 is 5.32 Å². The Morgan fingerprint density at radius 2 is 2.58 bits per heavy atom. The molecule has 1 unspecified atom stereocenters. The van der Waals surface area contributed by atoms with Crippen LogP contribution in [0.1, 0.15) is 19.8 Å². The predicted octanol–water partition coefficient (Wildman–Crippen LogP) is 0.195. The molecule has 1 heterocycles. The Bertz CT molecular complexity index is 214. The van der Waals surface area contributed by atoms with Crippen molar-refractivity contribution in [3.05, 3.63) is 0 Å². The second-order valence-corrected chi connectivity index (χ2v) is 3.02. The van der Waals surface area contributed by atoms with Gasteiger partial charge >= 0.3 is 0 Å². The van der Waals surface area contributed by atoms with Gasteiger partial charge in [0.05, 0.1) is 6.07 Å². The summed E-state index contributed by atoms with van der Waals surface area (Å²) in [5, 5.41) is 10.7. The van der Waals surface area contributed by atoms with E-state index in [2.05, 4.69) is 5.32 Å². The molecule has 12 heavy (non-hydrogen) atoms. The topological polar surface area (TPSA) is 62.1 Å². The van der Waals surface area contributed by atoms with E-state index in [0.717, 1.165) is 12.8 Å². The van der Waals surface area contributed by atoms with Gasteiger partial charge < -0.3 is 10.1 Å². The Kier molecular flexibility index (Phi) is 2.66. The third-order valence-electron chi connectivity index (χ3n) is 2.03. The average molecular weight is 168 g/mol. The van der Waals surface area contributed by atoms with Gasteiger partial charge in [0.1, 0.15) is 12.1 Å². The lowest BCUT2D eigenvalue weighted by atomic mass is 10.0. The third kappa shape index (κ3) is 1.74. The molecule has 4 heteroatoms. The van der Waals surface area contributed by atoms with Gasteiger partial charge in [-0.05, 0) is 19.8 Å². The van der Waals surface area contributed by atoms with Crippen molar-refractivity contribution >= 4 is 5.91 Å². The Morgan fingerprint density at radius 3 is 3.08 bits per heavy atom. The SMILES string of the molecule is CC1(C(=O)NCC#N)CCCO1. The van der Waals surface area contributed by atoms with E-state index < -0.39 is 5.60 Å². The monoisotopic (exact) mass is 168 g/mol. The maximum absolute atomic E-state index is 11.3. The maximum atomic E-state index is 11.3. The smallest absolute Gasteiger partial charge is 0.252 e. The van der Waals surface area contributed by atoms with Crippen LogP contribution in [0.5, 0.6) is 0 Å². The molecule has 0 aromatic heterocycles. The largest absolute Gasteiger partial charge is 0.365 e. The number of carbonyl (C=O) groups excluding carboxylic acids is 1. The molecular weight excluding hydrogens is 156 g/mol. The summed E-state index contributed by atoms with van der Waals surface area (Å²) in [6.07, 6.45) is 1.65. The number of rotatable bonds is 2. The summed E-state index contributed by atoms with van der Waals surface area (Å²) >= 11 is 0. The highest BCUT2D eigenvalue weighted by molar-refractivity contribution is 5.85. The zero-order chi connectivity index (χ0) is 9.03. The quantitative estimate of drug-likeness (QED) is 0.599. The van der Waals surface area contributed by atoms with Gasteiger partial charge in [-0.15, -0.1) is 0 Å². The molecule has 1 N–H and O–H groups in total. The van der Waals surface area contributed by atoms with E-state index in [1.165, 1.54) is 0 Å². The number of hydrogen-bond acceptors (Lipinski definition) is 3. The molecule has 0 aliphatic carbocycles. The number of hydrogen-bond donors (Lipinski definition) is 1. The van der Waals surface area contributed by atoms with E-state index in [0.29, 0.717) is 6.61 Å². The van der Waals surface area contributed by atoms with E-state index in [4.69, 9.17) is 10.00 Å². The highest BCUT2D eigenvalue weighted by atomic mass is 16.5. The number of carbonyl (C=O) groups is 1. The normalized spacial score (nSPS) is 28.0. The Hall–Kier alpha value is -1.08. The van der Waals surface area contributed by atoms with Crippen LogP contribution >= 0.6 is 0 Å². The van der Waals surface area contributed by atoms with Crippen molar-refractivity contribution in [2.45, 2.75) is 25.4 Å². The van der Waals surface area contributed by atoms with Crippen LogP contribution in [0.2, 0.25) is 0 Å². The first-order valence-corrected chi connectivity index (χ1v) is 3.98. The van der Waals surface area contributed by atoms with E-state index in [1.807, 2.05) is 6.07 Å². The van der Waals surface area contributed by atoms with Crippen molar-refractivity contribution in [1.82, 2.24) is 5.32 Å². The number of amides is 1. The zero-order valence-electron chi connectivity index (χ0n) is 7.09. The fourth-order valence-corrected chi connectivity index (χ4v) is 1.26. The Morgan fingerprint density at radius 1 is 1.83 bits per heavy atom. The lowest BCUT2D eigenvalue weighted by molar-refractivity contribution is -0.139. The van der Waals surface area contributed by atoms with E-state index in [-0.39, 0.29) is 12.5 Å². The van der Waals surface area contributed by atoms with Crippen LogP contribution in [0, 0.1) is 11.3 Å². The molecule has 66 valence electrons. The van der Waals surface area contributed by atoms with Crippen molar-refractivity contribution in [3.8, 4) is 6.07 Å². The van der Waals surface area contributed by atoms with Gasteiger partial charge in [-0.25, -0.2) is 0 Å². The summed E-state index contributed by atoms with van der Waals surface area (Å²) in [6.45, 7) is 2.45. The van der Waals surface area contributed by atoms with Gasteiger partial charge in [-0.2, -0.15) is 5.26 Å². The summed E-state index contributed by atoms with van der Waals surface area (Å²) in [6, 6.07) is 1.85. The molecule has 0 spiro atoms. The summed E-state index contributed by atoms with van der Waals surface area (Å²) in [4.78, 5) is 11.3. The minimum Gasteiger partial charge on any atom is -0.365 e. The summed E-state index contributed by atoms with van der Waals surface area (Å²) in [5.41, 5.74) is -0.698. The van der Waals surface area contributed by atoms with Gasteiger partial charge in [-0.3, -0.25) is 4.79 Å². The van der Waals surface area contributed by atoms with E-state index >= 15 is 0 Å². The number of ether oxygens (including phenoxy) is 1. The standard InChI is InChI=1S/C8H12N2O2/c1-8(3-2-6-12-8)7(11)10-5-4-9/h2-3,5-6H2,1H3,(H,10,11). The molecule has 0 radical (unpaired) electrons. The molecule has 1 saturated heterocycles. The molecular formula is C8H12N2O2. The van der Waals surface area contributed by atoms with Gasteiger partial charge in [0.2, 0.25) is 0 Å². The molecule has 1 fully saturated rings. The lowest BCUT2D eigenvalue weighted by Gasteiger charge is -2.20. The lowest BCUT2D eigenvalue weighted by Crippen LogP contribution is -2.44. The molecule has 1 aliphatic rings. The maximum Gasteiger partial charge on any atom is 0.252 e. The van der Waals surface area contributed by atoms with Crippen molar-refractivity contribution in [2.75, 3.05) is 13.2 Å². The van der Waals surface area contributed by atoms with Gasteiger partial charge in [0.15, 0.2) is 0 Å². The first-order chi connectivity index (χ1) is 5.69. The second-order valence-electron chi connectivity index (χ2n) is 3.02. The van der Waals surface area contributed by atoms with Crippen molar-refractivity contribution < 1.29 is 9.53 Å². The highest BCUT2D eigenvalue weighted by Crippen LogP contribution is 2.24. The molecule has 0 bridgehead atoms. The molecule has 1 atom stereocenters. The first kappa shape index (κ1) is 9.01. The van der Waals surface area contributed by atoms with Gasteiger partial charge in [-0.1, -0.05) is 0 Å². The van der Waals surface area contributed by atoms with Crippen LogP contribution in [0.15, 0.2) is 0 Å². The minimum absolute atomic E-state index is 0.0534. The number of nitrogens with one attached hydrogen (secondary N) is 1. The molecule has 1 aliphatic heterocycles. The van der Waals surface area contributed by atoms with Crippen LogP contribution in [0.25, 0.3) is 0 Å². The highest BCUT2D eigenvalue weighted by Gasteiger charge is 2.37. The molecule has 0 aromatic rings. The number of nitrogens with zero attached hydrogens (tertiary/aromatic N) is 1. The van der Waals surface area contributed by atoms with Crippen LogP contribution in [-0.2, 0) is 9.53 Å². The molecule has 1 amide bonds. The molecule has 1 rings (SSSR count). The summed E-state index contributed by atoms with van der Waals surface area (Å²) in [5.74, 6) is -0.179. The van der Waals surface area contributed by atoms with Gasteiger partial charge in [0, 0.05) is 6.61 Å². The summed E-state index contributed by atoms with van der Waals surface area (Å²) in [7, 11) is 0. The second kappa shape index (κ2) is 3.55. The predicted molar refractivity (Wildman–Crippen MR) is 42.2 cm³/mol. The Balaban J connectivity index is 2.45. The van der Waals surface area contributed by atoms with Crippen molar-refractivity contribution in [3.63, 3.8) is 0 Å². The average Bonchev–Trinajstić information content (AvgIpc) is 2.49. The Labute approximate surface area is 71.5 Å². The zero-order valence-corrected chi connectivity index (χ0v) is 7.09. The summed E-state index contributed by atoms with van der Waals surface area (Å²) < 4.78 is 5.28. The van der Waals surface area contributed by atoms with Gasteiger partial charge in [0.25, 0.3) is 5.91 Å². The third-order valence-corrected chi connectivity index (χ3v) is 2.03. The van der Waals surface area contributed by atoms with Crippen LogP contribution in [-0.4, -0.2) is 24.7 Å². The molecule has 4 nitrogen and oxygen atoms in total. The van der Waals surface area contributed by atoms with E-state index in [1.54, 1.807) is 6.92 Å². The van der Waals surface area contributed by atoms with Crippen LogP contribution in [0.4, 0.5) is 0 Å². The first-order valence-electron chi connectivity index (χ1n) is 3.98. The fourth-order valence-electron chi connectivity index (χ4n) is 1.26. The van der Waals surface area contributed by atoms with E-state index in [9.17, 15) is 4.79 Å².